The third-order valence-electron chi connectivity index (χ3n) is 2.96. The lowest BCUT2D eigenvalue weighted by molar-refractivity contribution is 0.960. The Bertz CT molecular complexity index is 653. The Morgan fingerprint density at radius 1 is 1.35 bits per heavy atom. The molecule has 3 aromatic rings. The van der Waals surface area contributed by atoms with Gasteiger partial charge in [-0.1, -0.05) is 6.07 Å². The minimum atomic E-state index is 0.556. The fraction of sp³-hybridized carbons (Fsp3) is 0.154. The highest BCUT2D eigenvalue weighted by atomic mass is 32.1. The minimum Gasteiger partial charge on any atom is -0.327 e. The van der Waals surface area contributed by atoms with Gasteiger partial charge in [-0.05, 0) is 29.1 Å². The fourth-order valence-corrected chi connectivity index (χ4v) is 2.66. The fourth-order valence-electron chi connectivity index (χ4n) is 2.02. The van der Waals surface area contributed by atoms with Crippen molar-refractivity contribution in [2.45, 2.75) is 6.54 Å². The van der Waals surface area contributed by atoms with E-state index in [2.05, 4.69) is 44.6 Å². The van der Waals surface area contributed by atoms with Crippen molar-refractivity contribution >= 4 is 22.4 Å². The molecule has 86 valence electrons. The first-order valence-corrected chi connectivity index (χ1v) is 6.42. The van der Waals surface area contributed by atoms with Gasteiger partial charge in [0.05, 0.1) is 11.0 Å². The predicted octanol–water partition coefficient (Wildman–Crippen LogP) is 2.76. The molecule has 0 aliphatic rings. The van der Waals surface area contributed by atoms with Crippen molar-refractivity contribution in [1.82, 2.24) is 9.55 Å². The number of nitrogens with two attached hydrogens (primary N) is 1. The summed E-state index contributed by atoms with van der Waals surface area (Å²) in [5, 5.41) is 4.19. The summed E-state index contributed by atoms with van der Waals surface area (Å²) in [5.74, 6) is 1.01. The van der Waals surface area contributed by atoms with Gasteiger partial charge in [0.15, 0.2) is 0 Å². The molecule has 0 saturated carbocycles. The van der Waals surface area contributed by atoms with Crippen molar-refractivity contribution in [3.05, 3.63) is 40.6 Å². The number of hydrogen-bond acceptors (Lipinski definition) is 3. The summed E-state index contributed by atoms with van der Waals surface area (Å²) < 4.78 is 2.12. The van der Waals surface area contributed by atoms with E-state index in [1.54, 1.807) is 11.3 Å². The summed E-state index contributed by atoms with van der Waals surface area (Å²) in [6, 6.07) is 8.29. The van der Waals surface area contributed by atoms with Crippen LogP contribution < -0.4 is 5.73 Å². The summed E-state index contributed by atoms with van der Waals surface area (Å²) in [7, 11) is 2.05. The van der Waals surface area contributed by atoms with Crippen molar-refractivity contribution in [2.75, 3.05) is 0 Å². The number of imidazole rings is 1. The largest absolute Gasteiger partial charge is 0.327 e. The second-order valence-electron chi connectivity index (χ2n) is 4.03. The maximum Gasteiger partial charge on any atom is 0.141 e. The van der Waals surface area contributed by atoms with Gasteiger partial charge >= 0.3 is 0 Å². The number of rotatable bonds is 2. The van der Waals surface area contributed by atoms with E-state index < -0.39 is 0 Å². The Morgan fingerprint density at radius 3 is 2.94 bits per heavy atom. The highest BCUT2D eigenvalue weighted by molar-refractivity contribution is 7.08. The number of hydrogen-bond donors (Lipinski definition) is 1. The monoisotopic (exact) mass is 243 g/mol. The second-order valence-corrected chi connectivity index (χ2v) is 4.81. The number of thiophene rings is 1. The van der Waals surface area contributed by atoms with Crippen molar-refractivity contribution in [1.29, 1.82) is 0 Å². The summed E-state index contributed by atoms with van der Waals surface area (Å²) in [5.41, 5.74) is 10.1. The van der Waals surface area contributed by atoms with Gasteiger partial charge in [-0.3, -0.25) is 0 Å². The molecule has 0 atom stereocenters. The molecule has 0 aliphatic carbocycles. The van der Waals surface area contributed by atoms with E-state index >= 15 is 0 Å². The second kappa shape index (κ2) is 3.98. The molecule has 4 heteroatoms. The van der Waals surface area contributed by atoms with Crippen molar-refractivity contribution < 1.29 is 0 Å². The number of nitrogens with zero attached hydrogens (tertiary/aromatic N) is 2. The standard InChI is InChI=1S/C13H13N3S/c1-16-12-3-2-9(7-14)6-11(12)15-13(16)10-4-5-17-8-10/h2-6,8H,7,14H2,1H3. The first-order valence-electron chi connectivity index (χ1n) is 5.47. The molecule has 0 spiro atoms. The van der Waals surface area contributed by atoms with Crippen LogP contribution in [0, 0.1) is 0 Å². The van der Waals surface area contributed by atoms with Crippen LogP contribution in [0.4, 0.5) is 0 Å². The molecular formula is C13H13N3S. The van der Waals surface area contributed by atoms with Crippen LogP contribution in [0.25, 0.3) is 22.4 Å². The molecule has 2 heterocycles. The summed E-state index contributed by atoms with van der Waals surface area (Å²) in [4.78, 5) is 4.68. The van der Waals surface area contributed by atoms with E-state index in [0.717, 1.165) is 22.4 Å². The molecule has 2 N–H and O–H groups in total. The van der Waals surface area contributed by atoms with E-state index in [-0.39, 0.29) is 0 Å². The lowest BCUT2D eigenvalue weighted by Crippen LogP contribution is -1.95. The van der Waals surface area contributed by atoms with Crippen molar-refractivity contribution in [2.24, 2.45) is 12.8 Å². The zero-order chi connectivity index (χ0) is 11.8. The number of aryl methyl sites for hydroxylation is 1. The minimum absolute atomic E-state index is 0.556. The number of benzene rings is 1. The zero-order valence-electron chi connectivity index (χ0n) is 9.55. The molecule has 0 saturated heterocycles. The average molecular weight is 243 g/mol. The lowest BCUT2D eigenvalue weighted by atomic mass is 10.2. The topological polar surface area (TPSA) is 43.8 Å². The molecule has 17 heavy (non-hydrogen) atoms. The molecular weight excluding hydrogens is 230 g/mol. The highest BCUT2D eigenvalue weighted by Crippen LogP contribution is 2.25. The van der Waals surface area contributed by atoms with Gasteiger partial charge < -0.3 is 10.3 Å². The quantitative estimate of drug-likeness (QED) is 0.752. The normalized spacial score (nSPS) is 11.2. The first kappa shape index (κ1) is 10.5. The van der Waals surface area contributed by atoms with Gasteiger partial charge in [0.25, 0.3) is 0 Å². The predicted molar refractivity (Wildman–Crippen MR) is 71.9 cm³/mol. The Kier molecular flexibility index (Phi) is 2.46. The van der Waals surface area contributed by atoms with Crippen molar-refractivity contribution in [3.63, 3.8) is 0 Å². The smallest absolute Gasteiger partial charge is 0.141 e. The molecule has 3 nitrogen and oxygen atoms in total. The van der Waals surface area contributed by atoms with E-state index in [1.807, 2.05) is 7.05 Å². The van der Waals surface area contributed by atoms with Gasteiger partial charge in [-0.25, -0.2) is 4.98 Å². The van der Waals surface area contributed by atoms with Crippen LogP contribution >= 0.6 is 11.3 Å². The Morgan fingerprint density at radius 2 is 2.24 bits per heavy atom. The third kappa shape index (κ3) is 1.66. The molecule has 0 unspecified atom stereocenters. The zero-order valence-corrected chi connectivity index (χ0v) is 10.4. The van der Waals surface area contributed by atoms with Crippen LogP contribution in [-0.2, 0) is 13.6 Å². The van der Waals surface area contributed by atoms with Gasteiger partial charge in [-0.15, -0.1) is 0 Å². The van der Waals surface area contributed by atoms with Crippen LogP contribution in [0.1, 0.15) is 5.56 Å². The van der Waals surface area contributed by atoms with Crippen molar-refractivity contribution in [3.8, 4) is 11.4 Å². The molecule has 3 rings (SSSR count). The van der Waals surface area contributed by atoms with E-state index in [4.69, 9.17) is 5.73 Å². The van der Waals surface area contributed by atoms with Gasteiger partial charge in [0.1, 0.15) is 5.82 Å². The van der Waals surface area contributed by atoms with Gasteiger partial charge in [0.2, 0.25) is 0 Å². The van der Waals surface area contributed by atoms with E-state index in [9.17, 15) is 0 Å². The Balaban J connectivity index is 2.24. The molecule has 0 amide bonds. The molecule has 0 aliphatic heterocycles. The maximum absolute atomic E-state index is 5.65. The first-order chi connectivity index (χ1) is 8.29. The molecule has 2 aromatic heterocycles. The molecule has 0 bridgehead atoms. The number of aromatic nitrogens is 2. The summed E-state index contributed by atoms with van der Waals surface area (Å²) >= 11 is 1.69. The van der Waals surface area contributed by atoms with Crippen LogP contribution in [0.3, 0.4) is 0 Å². The van der Waals surface area contributed by atoms with E-state index in [1.165, 1.54) is 5.56 Å². The average Bonchev–Trinajstić information content (AvgIpc) is 2.97. The summed E-state index contributed by atoms with van der Waals surface area (Å²) in [6.45, 7) is 0.556. The van der Waals surface area contributed by atoms with E-state index in [0.29, 0.717) is 6.54 Å². The SMILES string of the molecule is Cn1c(-c2ccsc2)nc2cc(CN)ccc21. The Hall–Kier alpha value is -1.65. The molecule has 0 fully saturated rings. The maximum atomic E-state index is 5.65. The van der Waals surface area contributed by atoms with Crippen LogP contribution in [-0.4, -0.2) is 9.55 Å². The Labute approximate surface area is 104 Å². The van der Waals surface area contributed by atoms with Gasteiger partial charge in [0, 0.05) is 24.5 Å². The van der Waals surface area contributed by atoms with Gasteiger partial charge in [-0.2, -0.15) is 11.3 Å². The number of fused-ring (bicyclic) bond motifs is 1. The third-order valence-corrected chi connectivity index (χ3v) is 3.64. The molecule has 0 radical (unpaired) electrons. The highest BCUT2D eigenvalue weighted by Gasteiger charge is 2.10. The van der Waals surface area contributed by atoms with Crippen LogP contribution in [0.5, 0.6) is 0 Å². The van der Waals surface area contributed by atoms with Crippen LogP contribution in [0.2, 0.25) is 0 Å². The molecule has 1 aromatic carbocycles. The van der Waals surface area contributed by atoms with Crippen LogP contribution in [0.15, 0.2) is 35.0 Å². The lowest BCUT2D eigenvalue weighted by Gasteiger charge is -1.99. The summed E-state index contributed by atoms with van der Waals surface area (Å²) in [6.07, 6.45) is 0.